The number of likely N-dealkylation sites (N-methyl/N-ethyl adjacent to an activating group) is 1. The first-order chi connectivity index (χ1) is 13.0. The molecule has 1 spiro atoms. The minimum Gasteiger partial charge on any atom is -0.376 e. The normalized spacial score (nSPS) is 18.8. The van der Waals surface area contributed by atoms with Gasteiger partial charge >= 0.3 is 0 Å². The number of hydrogen-bond donors (Lipinski definition) is 1. The van der Waals surface area contributed by atoms with Gasteiger partial charge in [-0.15, -0.1) is 0 Å². The van der Waals surface area contributed by atoms with Gasteiger partial charge in [-0.05, 0) is 25.8 Å². The van der Waals surface area contributed by atoms with Crippen LogP contribution >= 0.6 is 0 Å². The number of amides is 1. The molecule has 0 unspecified atom stereocenters. The lowest BCUT2D eigenvalue weighted by Crippen LogP contribution is -2.60. The van der Waals surface area contributed by atoms with Gasteiger partial charge in [-0.25, -0.2) is 4.98 Å². The Morgan fingerprint density at radius 2 is 1.96 bits per heavy atom. The van der Waals surface area contributed by atoms with Gasteiger partial charge in [0.15, 0.2) is 5.82 Å². The number of rotatable bonds is 2. The van der Waals surface area contributed by atoms with Gasteiger partial charge in [-0.2, -0.15) is 15.0 Å². The quantitative estimate of drug-likeness (QED) is 0.873. The van der Waals surface area contributed by atoms with Gasteiger partial charge in [0.05, 0.1) is 18.9 Å². The standard InChI is InChI=1S/C17H20N6O2.C2H6/c1-9-6-11-12-14(21-23(3)20-12)17(7-25-8-17)22(2)13(11)15(18-9)19-16(24)10-4-5-10;1-2/h6,10H,4-5,7-8H2,1-3H3,(H,18,19,24);1-2H3. The molecule has 27 heavy (non-hydrogen) atoms. The SMILES string of the molecule is CC.Cc1cc2c(c(NC(=O)C3CC3)n1)N(C)C1(COC1)c1nn(C)nc1-2. The van der Waals surface area contributed by atoms with Crippen molar-refractivity contribution in [2.24, 2.45) is 13.0 Å². The zero-order chi connectivity index (χ0) is 19.3. The van der Waals surface area contributed by atoms with E-state index in [0.29, 0.717) is 19.0 Å². The number of carbonyl (C=O) groups excluding carboxylic acids is 1. The summed E-state index contributed by atoms with van der Waals surface area (Å²) < 4.78 is 5.53. The number of aryl methyl sites for hydroxylation is 2. The lowest BCUT2D eigenvalue weighted by molar-refractivity contribution is -0.117. The molecule has 5 rings (SSSR count). The Balaban J connectivity index is 0.000000872. The Hall–Kier alpha value is -2.48. The summed E-state index contributed by atoms with van der Waals surface area (Å²) in [7, 11) is 3.85. The molecule has 1 amide bonds. The van der Waals surface area contributed by atoms with E-state index in [1.54, 1.807) is 4.80 Å². The second-order valence-corrected chi connectivity index (χ2v) is 7.24. The van der Waals surface area contributed by atoms with Crippen LogP contribution in [0.2, 0.25) is 0 Å². The molecule has 1 N–H and O–H groups in total. The third-order valence-electron chi connectivity index (χ3n) is 5.38. The van der Waals surface area contributed by atoms with Gasteiger partial charge in [-0.3, -0.25) is 4.79 Å². The van der Waals surface area contributed by atoms with Crippen molar-refractivity contribution in [3.8, 4) is 11.3 Å². The number of nitrogens with zero attached hydrogens (tertiary/aromatic N) is 5. The van der Waals surface area contributed by atoms with Crippen molar-refractivity contribution in [2.75, 3.05) is 30.5 Å². The van der Waals surface area contributed by atoms with E-state index in [9.17, 15) is 4.79 Å². The predicted octanol–water partition coefficient (Wildman–Crippen LogP) is 2.24. The second kappa shape index (κ2) is 6.30. The van der Waals surface area contributed by atoms with Gasteiger partial charge in [0.2, 0.25) is 5.91 Å². The highest BCUT2D eigenvalue weighted by Gasteiger charge is 2.53. The maximum absolute atomic E-state index is 12.3. The molecule has 2 aromatic rings. The average molecular weight is 370 g/mol. The number of aromatic nitrogens is 4. The van der Waals surface area contributed by atoms with E-state index in [4.69, 9.17) is 4.74 Å². The Bertz CT molecular complexity index is 898. The first kappa shape index (κ1) is 17.9. The molecule has 2 fully saturated rings. The van der Waals surface area contributed by atoms with Crippen LogP contribution in [0.1, 0.15) is 38.1 Å². The van der Waals surface area contributed by atoms with Crippen LogP contribution in [0.5, 0.6) is 0 Å². The molecule has 4 heterocycles. The fraction of sp³-hybridized carbons (Fsp3) is 0.579. The summed E-state index contributed by atoms with van der Waals surface area (Å²) in [4.78, 5) is 20.7. The Morgan fingerprint density at radius 3 is 2.56 bits per heavy atom. The highest BCUT2D eigenvalue weighted by Crippen LogP contribution is 2.51. The number of carbonyl (C=O) groups is 1. The fourth-order valence-corrected chi connectivity index (χ4v) is 3.74. The van der Waals surface area contributed by atoms with Crippen molar-refractivity contribution in [2.45, 2.75) is 39.2 Å². The lowest BCUT2D eigenvalue weighted by Gasteiger charge is -2.50. The van der Waals surface area contributed by atoms with E-state index in [2.05, 4.69) is 25.4 Å². The molecule has 0 atom stereocenters. The predicted molar refractivity (Wildman–Crippen MR) is 103 cm³/mol. The monoisotopic (exact) mass is 370 g/mol. The fourth-order valence-electron chi connectivity index (χ4n) is 3.74. The third kappa shape index (κ3) is 2.62. The highest BCUT2D eigenvalue weighted by molar-refractivity contribution is 6.00. The lowest BCUT2D eigenvalue weighted by atomic mass is 9.83. The van der Waals surface area contributed by atoms with E-state index >= 15 is 0 Å². The molecule has 144 valence electrons. The summed E-state index contributed by atoms with van der Waals surface area (Å²) >= 11 is 0. The van der Waals surface area contributed by atoms with Crippen molar-refractivity contribution < 1.29 is 9.53 Å². The van der Waals surface area contributed by atoms with Crippen molar-refractivity contribution in [1.29, 1.82) is 0 Å². The average Bonchev–Trinajstić information content (AvgIpc) is 3.37. The van der Waals surface area contributed by atoms with Crippen LogP contribution in [0.4, 0.5) is 11.5 Å². The first-order valence-electron chi connectivity index (χ1n) is 9.56. The van der Waals surface area contributed by atoms with Gasteiger partial charge in [0.25, 0.3) is 0 Å². The zero-order valence-electron chi connectivity index (χ0n) is 16.5. The van der Waals surface area contributed by atoms with Crippen LogP contribution in [0.15, 0.2) is 6.07 Å². The molecule has 1 saturated carbocycles. The van der Waals surface area contributed by atoms with Gasteiger partial charge in [0.1, 0.15) is 16.9 Å². The summed E-state index contributed by atoms with van der Waals surface area (Å²) in [5, 5.41) is 12.2. The Kier molecular flexibility index (Phi) is 4.18. The molecule has 8 heteroatoms. The molecule has 2 aromatic heterocycles. The number of hydrogen-bond acceptors (Lipinski definition) is 6. The second-order valence-electron chi connectivity index (χ2n) is 7.24. The number of anilines is 2. The maximum atomic E-state index is 12.3. The van der Waals surface area contributed by atoms with E-state index in [-0.39, 0.29) is 17.4 Å². The molecule has 8 nitrogen and oxygen atoms in total. The molecule has 3 aliphatic rings. The van der Waals surface area contributed by atoms with E-state index in [1.807, 2.05) is 40.9 Å². The Labute approximate surface area is 158 Å². The van der Waals surface area contributed by atoms with Crippen molar-refractivity contribution >= 4 is 17.4 Å². The van der Waals surface area contributed by atoms with Gasteiger partial charge < -0.3 is 15.0 Å². The molecule has 1 saturated heterocycles. The minimum absolute atomic E-state index is 0.0533. The molecule has 0 aromatic carbocycles. The molecule has 1 aliphatic carbocycles. The summed E-state index contributed by atoms with van der Waals surface area (Å²) in [5.74, 6) is 0.787. The van der Waals surface area contributed by atoms with Crippen LogP contribution in [0.3, 0.4) is 0 Å². The molecule has 2 aliphatic heterocycles. The molecule has 0 radical (unpaired) electrons. The van der Waals surface area contributed by atoms with Gasteiger partial charge in [-0.1, -0.05) is 13.8 Å². The minimum atomic E-state index is -0.341. The highest BCUT2D eigenvalue weighted by atomic mass is 16.5. The smallest absolute Gasteiger partial charge is 0.228 e. The van der Waals surface area contributed by atoms with Crippen molar-refractivity contribution in [3.63, 3.8) is 0 Å². The molecular weight excluding hydrogens is 344 g/mol. The van der Waals surface area contributed by atoms with Crippen molar-refractivity contribution in [3.05, 3.63) is 17.5 Å². The summed E-state index contributed by atoms with van der Waals surface area (Å²) in [6.45, 7) is 7.04. The van der Waals surface area contributed by atoms with Crippen LogP contribution in [0.25, 0.3) is 11.3 Å². The van der Waals surface area contributed by atoms with Crippen LogP contribution in [-0.2, 0) is 22.1 Å². The van der Waals surface area contributed by atoms with Crippen LogP contribution < -0.4 is 10.2 Å². The maximum Gasteiger partial charge on any atom is 0.228 e. The first-order valence-corrected chi connectivity index (χ1v) is 9.56. The number of pyridine rings is 1. The topological polar surface area (TPSA) is 85.2 Å². The van der Waals surface area contributed by atoms with Gasteiger partial charge in [0, 0.05) is 31.3 Å². The van der Waals surface area contributed by atoms with E-state index < -0.39 is 0 Å². The molecule has 0 bridgehead atoms. The third-order valence-corrected chi connectivity index (χ3v) is 5.38. The molecular formula is C19H26N6O2. The van der Waals surface area contributed by atoms with Crippen LogP contribution in [-0.4, -0.2) is 46.1 Å². The summed E-state index contributed by atoms with van der Waals surface area (Å²) in [6, 6.07) is 2.01. The largest absolute Gasteiger partial charge is 0.376 e. The Morgan fingerprint density at radius 1 is 1.26 bits per heavy atom. The van der Waals surface area contributed by atoms with E-state index in [1.165, 1.54) is 0 Å². The summed E-state index contributed by atoms with van der Waals surface area (Å²) in [5.41, 5.74) is 4.15. The van der Waals surface area contributed by atoms with E-state index in [0.717, 1.165) is 41.2 Å². The van der Waals surface area contributed by atoms with Crippen LogP contribution in [0, 0.1) is 12.8 Å². The zero-order valence-corrected chi connectivity index (χ0v) is 16.5. The number of nitrogens with one attached hydrogen (secondary N) is 1. The number of ether oxygens (including phenoxy) is 1. The van der Waals surface area contributed by atoms with Crippen molar-refractivity contribution in [1.82, 2.24) is 20.0 Å². The number of fused-ring (bicyclic) bond motifs is 4. The summed E-state index contributed by atoms with van der Waals surface area (Å²) in [6.07, 6.45) is 1.92.